The fourth-order valence-electron chi connectivity index (χ4n) is 2.72. The lowest BCUT2D eigenvalue weighted by Crippen LogP contribution is -2.25. The Morgan fingerprint density at radius 3 is 2.74 bits per heavy atom. The van der Waals surface area contributed by atoms with Crippen LogP contribution in [0.5, 0.6) is 0 Å². The van der Waals surface area contributed by atoms with Crippen molar-refractivity contribution in [3.8, 4) is 10.7 Å². The van der Waals surface area contributed by atoms with Crippen molar-refractivity contribution in [1.82, 2.24) is 10.1 Å². The highest BCUT2D eigenvalue weighted by atomic mass is 32.2. The number of sulfonamides is 1. The SMILES string of the molecule is O=C(OCc1nc(-c2cccs2)no1)c1ccc(N2CCCS2(=O)=O)cc1. The van der Waals surface area contributed by atoms with Gasteiger partial charge in [0, 0.05) is 6.54 Å². The lowest BCUT2D eigenvalue weighted by Gasteiger charge is -2.16. The number of nitrogens with zero attached hydrogens (tertiary/aromatic N) is 3. The Balaban J connectivity index is 1.39. The van der Waals surface area contributed by atoms with Crippen molar-refractivity contribution in [1.29, 1.82) is 0 Å². The van der Waals surface area contributed by atoms with E-state index in [0.29, 0.717) is 30.0 Å². The van der Waals surface area contributed by atoms with Gasteiger partial charge in [-0.25, -0.2) is 13.2 Å². The van der Waals surface area contributed by atoms with Gasteiger partial charge in [-0.3, -0.25) is 4.31 Å². The normalized spacial score (nSPS) is 15.8. The number of aromatic nitrogens is 2. The van der Waals surface area contributed by atoms with Gasteiger partial charge in [-0.1, -0.05) is 11.2 Å². The minimum absolute atomic E-state index is 0.139. The summed E-state index contributed by atoms with van der Waals surface area (Å²) in [6, 6.07) is 10.0. The van der Waals surface area contributed by atoms with Crippen molar-refractivity contribution in [3.63, 3.8) is 0 Å². The van der Waals surface area contributed by atoms with Crippen molar-refractivity contribution in [2.45, 2.75) is 13.0 Å². The summed E-state index contributed by atoms with van der Waals surface area (Å²) in [7, 11) is -3.25. The summed E-state index contributed by atoms with van der Waals surface area (Å²) < 4.78 is 35.5. The molecule has 0 bridgehead atoms. The molecule has 3 aromatic rings. The summed E-state index contributed by atoms with van der Waals surface area (Å²) in [4.78, 5) is 17.2. The maximum Gasteiger partial charge on any atom is 0.338 e. The largest absolute Gasteiger partial charge is 0.452 e. The van der Waals surface area contributed by atoms with Crippen LogP contribution in [0.25, 0.3) is 10.7 Å². The highest BCUT2D eigenvalue weighted by Gasteiger charge is 2.28. The average Bonchev–Trinajstić information content (AvgIpc) is 3.40. The van der Waals surface area contributed by atoms with E-state index in [-0.39, 0.29) is 18.3 Å². The number of carbonyl (C=O) groups is 1. The monoisotopic (exact) mass is 405 g/mol. The molecule has 1 saturated heterocycles. The van der Waals surface area contributed by atoms with Crippen LogP contribution in [0, 0.1) is 0 Å². The third kappa shape index (κ3) is 3.71. The first-order valence-corrected chi connectivity index (χ1v) is 10.7. The van der Waals surface area contributed by atoms with Crippen molar-refractivity contribution in [2.75, 3.05) is 16.6 Å². The molecule has 1 aliphatic heterocycles. The quantitative estimate of drug-likeness (QED) is 0.601. The van der Waals surface area contributed by atoms with E-state index >= 15 is 0 Å². The molecule has 1 fully saturated rings. The summed E-state index contributed by atoms with van der Waals surface area (Å²) in [6.45, 7) is 0.315. The molecule has 2 aromatic heterocycles. The third-order valence-corrected chi connectivity index (χ3v) is 6.76. The molecule has 4 rings (SSSR count). The van der Waals surface area contributed by atoms with Gasteiger partial charge in [-0.2, -0.15) is 4.98 Å². The number of carbonyl (C=O) groups excluding carboxylic acids is 1. The van der Waals surface area contributed by atoms with E-state index in [0.717, 1.165) is 4.88 Å². The molecule has 3 heterocycles. The van der Waals surface area contributed by atoms with Crippen LogP contribution in [0.1, 0.15) is 22.7 Å². The minimum atomic E-state index is -3.25. The lowest BCUT2D eigenvalue weighted by molar-refractivity contribution is 0.0430. The van der Waals surface area contributed by atoms with Gasteiger partial charge in [-0.15, -0.1) is 11.3 Å². The molecular weight excluding hydrogens is 390 g/mol. The van der Waals surface area contributed by atoms with Crippen LogP contribution in [0.15, 0.2) is 46.3 Å². The maximum atomic E-state index is 12.2. The smallest absolute Gasteiger partial charge is 0.338 e. The standard InChI is InChI=1S/C17H15N3O5S2/c21-17(24-11-15-18-16(19-25-15)14-3-1-9-26-14)12-4-6-13(7-5-12)20-8-2-10-27(20,22)23/h1,3-7,9H,2,8,10-11H2. The summed E-state index contributed by atoms with van der Waals surface area (Å²) in [5.41, 5.74) is 0.856. The van der Waals surface area contributed by atoms with Gasteiger partial charge < -0.3 is 9.26 Å². The van der Waals surface area contributed by atoms with E-state index in [1.165, 1.54) is 27.8 Å². The highest BCUT2D eigenvalue weighted by Crippen LogP contribution is 2.25. The molecule has 10 heteroatoms. The molecular formula is C17H15N3O5S2. The number of thiophene rings is 1. The summed E-state index contributed by atoms with van der Waals surface area (Å²) >= 11 is 1.48. The van der Waals surface area contributed by atoms with Gasteiger partial charge in [0.2, 0.25) is 15.8 Å². The Kier molecular flexibility index (Phi) is 4.66. The van der Waals surface area contributed by atoms with Crippen molar-refractivity contribution in [3.05, 3.63) is 53.2 Å². The van der Waals surface area contributed by atoms with Crippen LogP contribution in [0.4, 0.5) is 5.69 Å². The first kappa shape index (κ1) is 17.7. The Morgan fingerprint density at radius 1 is 1.26 bits per heavy atom. The lowest BCUT2D eigenvalue weighted by atomic mass is 10.2. The molecule has 0 spiro atoms. The maximum absolute atomic E-state index is 12.2. The summed E-state index contributed by atoms with van der Waals surface area (Å²) in [5.74, 6) is 0.245. The average molecular weight is 405 g/mol. The second-order valence-corrected chi connectivity index (χ2v) is 8.81. The Bertz CT molecular complexity index is 1040. The van der Waals surface area contributed by atoms with Crippen LogP contribution >= 0.6 is 11.3 Å². The number of benzene rings is 1. The molecule has 0 N–H and O–H groups in total. The van der Waals surface area contributed by atoms with Gasteiger partial charge in [0.05, 0.1) is 21.9 Å². The van der Waals surface area contributed by atoms with Crippen LogP contribution in [-0.4, -0.2) is 36.8 Å². The van der Waals surface area contributed by atoms with E-state index in [4.69, 9.17) is 9.26 Å². The molecule has 8 nitrogen and oxygen atoms in total. The van der Waals surface area contributed by atoms with Crippen molar-refractivity contribution in [2.24, 2.45) is 0 Å². The fraction of sp³-hybridized carbons (Fsp3) is 0.235. The molecule has 0 saturated carbocycles. The number of rotatable bonds is 5. The molecule has 0 amide bonds. The molecule has 140 valence electrons. The summed E-state index contributed by atoms with van der Waals surface area (Å²) in [6.07, 6.45) is 0.601. The number of hydrogen-bond acceptors (Lipinski definition) is 8. The van der Waals surface area contributed by atoms with Gasteiger partial charge in [0.15, 0.2) is 6.61 Å². The van der Waals surface area contributed by atoms with E-state index in [9.17, 15) is 13.2 Å². The van der Waals surface area contributed by atoms with Crippen molar-refractivity contribution >= 4 is 33.0 Å². The molecule has 1 aromatic carbocycles. The van der Waals surface area contributed by atoms with Gasteiger partial charge in [0.25, 0.3) is 5.89 Å². The highest BCUT2D eigenvalue weighted by molar-refractivity contribution is 7.93. The Morgan fingerprint density at radius 2 is 2.07 bits per heavy atom. The van der Waals surface area contributed by atoms with Crippen molar-refractivity contribution < 1.29 is 22.5 Å². The second-order valence-electron chi connectivity index (χ2n) is 5.85. The first-order chi connectivity index (χ1) is 13.0. The van der Waals surface area contributed by atoms with Crippen LogP contribution < -0.4 is 4.31 Å². The van der Waals surface area contributed by atoms with Crippen LogP contribution in [0.3, 0.4) is 0 Å². The molecule has 0 atom stereocenters. The van der Waals surface area contributed by atoms with Crippen LogP contribution in [0.2, 0.25) is 0 Å². The van der Waals surface area contributed by atoms with Gasteiger partial charge >= 0.3 is 5.97 Å². The Hall–Kier alpha value is -2.72. The number of hydrogen-bond donors (Lipinski definition) is 0. The third-order valence-electron chi connectivity index (χ3n) is 4.03. The summed E-state index contributed by atoms with van der Waals surface area (Å²) in [5, 5.41) is 5.75. The molecule has 0 unspecified atom stereocenters. The second kappa shape index (κ2) is 7.12. The zero-order valence-corrected chi connectivity index (χ0v) is 15.7. The number of anilines is 1. The van der Waals surface area contributed by atoms with E-state index in [1.807, 2.05) is 17.5 Å². The van der Waals surface area contributed by atoms with Gasteiger partial charge in [0.1, 0.15) is 0 Å². The minimum Gasteiger partial charge on any atom is -0.452 e. The van der Waals surface area contributed by atoms with Gasteiger partial charge in [-0.05, 0) is 42.1 Å². The first-order valence-electron chi connectivity index (χ1n) is 8.17. The zero-order valence-electron chi connectivity index (χ0n) is 14.1. The van der Waals surface area contributed by atoms with E-state index in [2.05, 4.69) is 10.1 Å². The predicted molar refractivity (Wildman–Crippen MR) is 98.9 cm³/mol. The Labute approximate surface area is 159 Å². The van der Waals surface area contributed by atoms with E-state index < -0.39 is 16.0 Å². The molecule has 27 heavy (non-hydrogen) atoms. The number of ether oxygens (including phenoxy) is 1. The molecule has 0 radical (unpaired) electrons. The molecule has 1 aliphatic rings. The molecule has 0 aliphatic carbocycles. The number of esters is 1. The zero-order chi connectivity index (χ0) is 18.9. The predicted octanol–water partition coefficient (Wildman–Crippen LogP) is 2.70. The fourth-order valence-corrected chi connectivity index (χ4v) is 4.94. The topological polar surface area (TPSA) is 103 Å². The van der Waals surface area contributed by atoms with E-state index in [1.54, 1.807) is 12.1 Å². The van der Waals surface area contributed by atoms with Crippen LogP contribution in [-0.2, 0) is 21.4 Å².